The molecule has 0 aliphatic heterocycles. The molecule has 0 bridgehead atoms. The quantitative estimate of drug-likeness (QED) is 0.223. The summed E-state index contributed by atoms with van der Waals surface area (Å²) in [5.41, 5.74) is 6.28. The van der Waals surface area contributed by atoms with E-state index in [4.69, 9.17) is 19.3 Å². The third kappa shape index (κ3) is 8.21. The van der Waals surface area contributed by atoms with Gasteiger partial charge in [-0.25, -0.2) is 4.39 Å². The fraction of sp³-hybridized carbons (Fsp3) is 0.387. The van der Waals surface area contributed by atoms with Crippen molar-refractivity contribution in [2.45, 2.75) is 60.1 Å². The Morgan fingerprint density at radius 2 is 1.76 bits per heavy atom. The van der Waals surface area contributed by atoms with E-state index in [0.29, 0.717) is 37.6 Å². The zero-order chi connectivity index (χ0) is 27.7. The SMILES string of the molecule is CCOCCOc1cc(C)c(-c2cc(CNc3ccc(CCC(=O)O)c(F)c3)ccc2OC(C)C)c(C)c1. The summed E-state index contributed by atoms with van der Waals surface area (Å²) < 4.78 is 31.9. The Labute approximate surface area is 224 Å². The molecular formula is C31H38FNO5. The average Bonchev–Trinajstić information content (AvgIpc) is 2.85. The highest BCUT2D eigenvalue weighted by molar-refractivity contribution is 5.77. The monoisotopic (exact) mass is 523 g/mol. The molecule has 0 amide bonds. The highest BCUT2D eigenvalue weighted by Crippen LogP contribution is 2.38. The van der Waals surface area contributed by atoms with Crippen LogP contribution >= 0.6 is 0 Å². The topological polar surface area (TPSA) is 77.0 Å². The Bertz CT molecular complexity index is 1220. The molecular weight excluding hydrogens is 485 g/mol. The van der Waals surface area contributed by atoms with Gasteiger partial charge < -0.3 is 24.6 Å². The number of carboxylic acids is 1. The molecule has 0 saturated heterocycles. The van der Waals surface area contributed by atoms with Gasteiger partial charge in [0.05, 0.1) is 12.7 Å². The first kappa shape index (κ1) is 29.0. The van der Waals surface area contributed by atoms with Crippen LogP contribution in [0.4, 0.5) is 10.1 Å². The van der Waals surface area contributed by atoms with E-state index in [9.17, 15) is 9.18 Å². The van der Waals surface area contributed by atoms with E-state index in [1.165, 1.54) is 6.07 Å². The van der Waals surface area contributed by atoms with E-state index in [1.54, 1.807) is 12.1 Å². The van der Waals surface area contributed by atoms with Gasteiger partial charge in [-0.3, -0.25) is 4.79 Å². The lowest BCUT2D eigenvalue weighted by atomic mass is 9.93. The van der Waals surface area contributed by atoms with Gasteiger partial charge in [0.1, 0.15) is 23.9 Å². The molecule has 204 valence electrons. The van der Waals surface area contributed by atoms with Crippen molar-refractivity contribution in [3.8, 4) is 22.6 Å². The average molecular weight is 524 g/mol. The fourth-order valence-electron chi connectivity index (χ4n) is 4.34. The van der Waals surface area contributed by atoms with Gasteiger partial charge in [0.15, 0.2) is 0 Å². The van der Waals surface area contributed by atoms with Crippen molar-refractivity contribution in [2.75, 3.05) is 25.1 Å². The Kier molecular flexibility index (Phi) is 10.5. The molecule has 0 heterocycles. The standard InChI is InChI=1S/C31H38FNO5/c1-6-36-13-14-37-26-15-21(4)31(22(5)16-26)27-17-23(7-11-29(27)38-20(2)3)19-33-25-10-8-24(28(32)18-25)9-12-30(34)35/h7-8,10-11,15-18,20,33H,6,9,12-14,19H2,1-5H3,(H,34,35). The normalized spacial score (nSPS) is 11.0. The molecule has 0 unspecified atom stereocenters. The second-order valence-electron chi connectivity index (χ2n) is 9.53. The first-order chi connectivity index (χ1) is 18.2. The minimum atomic E-state index is -0.943. The van der Waals surface area contributed by atoms with Crippen molar-refractivity contribution in [3.63, 3.8) is 0 Å². The van der Waals surface area contributed by atoms with Gasteiger partial charge in [0.2, 0.25) is 0 Å². The van der Waals surface area contributed by atoms with Crippen molar-refractivity contribution >= 4 is 11.7 Å². The van der Waals surface area contributed by atoms with E-state index in [2.05, 4.69) is 25.2 Å². The van der Waals surface area contributed by atoms with E-state index < -0.39 is 11.8 Å². The second kappa shape index (κ2) is 13.8. The number of benzene rings is 3. The predicted molar refractivity (Wildman–Crippen MR) is 149 cm³/mol. The molecule has 7 heteroatoms. The third-order valence-corrected chi connectivity index (χ3v) is 6.04. The lowest BCUT2D eigenvalue weighted by Crippen LogP contribution is -2.09. The summed E-state index contributed by atoms with van der Waals surface area (Å²) in [7, 11) is 0. The molecule has 0 aliphatic carbocycles. The smallest absolute Gasteiger partial charge is 0.303 e. The molecule has 0 spiro atoms. The second-order valence-corrected chi connectivity index (χ2v) is 9.53. The molecule has 2 N–H and O–H groups in total. The van der Waals surface area contributed by atoms with Crippen LogP contribution in [-0.4, -0.2) is 37.0 Å². The van der Waals surface area contributed by atoms with Crippen molar-refractivity contribution in [1.29, 1.82) is 0 Å². The zero-order valence-electron chi connectivity index (χ0n) is 22.9. The minimum Gasteiger partial charge on any atom is -0.491 e. The summed E-state index contributed by atoms with van der Waals surface area (Å²) in [6.45, 7) is 12.3. The third-order valence-electron chi connectivity index (χ3n) is 6.04. The van der Waals surface area contributed by atoms with E-state index in [0.717, 1.165) is 39.3 Å². The molecule has 0 radical (unpaired) electrons. The summed E-state index contributed by atoms with van der Waals surface area (Å²) in [6, 6.07) is 15.0. The van der Waals surface area contributed by atoms with Gasteiger partial charge in [0, 0.05) is 30.8 Å². The number of carbonyl (C=O) groups is 1. The number of hydrogen-bond donors (Lipinski definition) is 2. The number of anilines is 1. The summed E-state index contributed by atoms with van der Waals surface area (Å²) in [5.74, 6) is 0.254. The van der Waals surface area contributed by atoms with E-state index >= 15 is 0 Å². The number of halogens is 1. The highest BCUT2D eigenvalue weighted by Gasteiger charge is 2.16. The molecule has 0 fully saturated rings. The largest absolute Gasteiger partial charge is 0.491 e. The maximum Gasteiger partial charge on any atom is 0.303 e. The summed E-state index contributed by atoms with van der Waals surface area (Å²) in [5, 5.41) is 12.1. The number of aryl methyl sites for hydroxylation is 3. The van der Waals surface area contributed by atoms with Crippen molar-refractivity contribution < 1.29 is 28.5 Å². The molecule has 3 rings (SSSR count). The van der Waals surface area contributed by atoms with Crippen LogP contribution in [0.1, 0.15) is 49.4 Å². The van der Waals surface area contributed by atoms with Crippen LogP contribution in [0.25, 0.3) is 11.1 Å². The van der Waals surface area contributed by atoms with Crippen molar-refractivity contribution in [3.05, 3.63) is 76.6 Å². The number of aliphatic carboxylic acids is 1. The van der Waals surface area contributed by atoms with E-state index in [-0.39, 0.29) is 18.9 Å². The van der Waals surface area contributed by atoms with Crippen LogP contribution in [0, 0.1) is 19.7 Å². The molecule has 3 aromatic carbocycles. The molecule has 0 atom stereocenters. The summed E-state index contributed by atoms with van der Waals surface area (Å²) >= 11 is 0. The number of hydrogen-bond acceptors (Lipinski definition) is 5. The first-order valence-corrected chi connectivity index (χ1v) is 13.0. The number of ether oxygens (including phenoxy) is 3. The van der Waals surface area contributed by atoms with Gasteiger partial charge in [-0.05, 0) is 105 Å². The molecule has 0 aromatic heterocycles. The van der Waals surface area contributed by atoms with Gasteiger partial charge in [-0.1, -0.05) is 12.1 Å². The molecule has 0 saturated carbocycles. The van der Waals surface area contributed by atoms with Gasteiger partial charge >= 0.3 is 5.97 Å². The lowest BCUT2D eigenvalue weighted by molar-refractivity contribution is -0.136. The fourth-order valence-corrected chi connectivity index (χ4v) is 4.34. The number of carboxylic acid groups (broad SMARTS) is 1. The number of rotatable bonds is 14. The Balaban J connectivity index is 1.83. The van der Waals surface area contributed by atoms with Crippen LogP contribution in [0.2, 0.25) is 0 Å². The van der Waals surface area contributed by atoms with E-state index in [1.807, 2.05) is 45.0 Å². The van der Waals surface area contributed by atoms with Crippen LogP contribution < -0.4 is 14.8 Å². The van der Waals surface area contributed by atoms with Gasteiger partial charge in [-0.15, -0.1) is 0 Å². The van der Waals surface area contributed by atoms with Gasteiger partial charge in [-0.2, -0.15) is 0 Å². The summed E-state index contributed by atoms with van der Waals surface area (Å²) in [6.07, 6.45) is 0.0790. The Morgan fingerprint density at radius 1 is 1.03 bits per heavy atom. The maximum absolute atomic E-state index is 14.5. The Morgan fingerprint density at radius 3 is 2.39 bits per heavy atom. The lowest BCUT2D eigenvalue weighted by Gasteiger charge is -2.20. The highest BCUT2D eigenvalue weighted by atomic mass is 19.1. The maximum atomic E-state index is 14.5. The molecule has 0 aliphatic rings. The minimum absolute atomic E-state index is 0.0159. The zero-order valence-corrected chi connectivity index (χ0v) is 22.9. The van der Waals surface area contributed by atoms with Crippen molar-refractivity contribution in [2.24, 2.45) is 0 Å². The van der Waals surface area contributed by atoms with Crippen LogP contribution in [0.3, 0.4) is 0 Å². The molecule has 6 nitrogen and oxygen atoms in total. The summed E-state index contributed by atoms with van der Waals surface area (Å²) in [4.78, 5) is 10.8. The first-order valence-electron chi connectivity index (χ1n) is 13.0. The molecule has 3 aromatic rings. The Hall–Kier alpha value is -3.58. The van der Waals surface area contributed by atoms with Crippen LogP contribution in [0.5, 0.6) is 11.5 Å². The molecule has 38 heavy (non-hydrogen) atoms. The van der Waals surface area contributed by atoms with Crippen LogP contribution in [-0.2, 0) is 22.5 Å². The number of nitrogens with one attached hydrogen (secondary N) is 1. The van der Waals surface area contributed by atoms with Crippen LogP contribution in [0.15, 0.2) is 48.5 Å². The van der Waals surface area contributed by atoms with Gasteiger partial charge in [0.25, 0.3) is 0 Å². The predicted octanol–water partition coefficient (Wildman–Crippen LogP) is 6.94. The van der Waals surface area contributed by atoms with Crippen molar-refractivity contribution in [1.82, 2.24) is 0 Å².